The third-order valence-electron chi connectivity index (χ3n) is 3.10. The van der Waals surface area contributed by atoms with Crippen LogP contribution in [0.25, 0.3) is 0 Å². The lowest BCUT2D eigenvalue weighted by molar-refractivity contribution is -0.140. The molecule has 0 radical (unpaired) electrons. The highest BCUT2D eigenvalue weighted by Gasteiger charge is 2.33. The summed E-state index contributed by atoms with van der Waals surface area (Å²) < 4.78 is 43.2. The predicted octanol–water partition coefficient (Wildman–Crippen LogP) is 3.88. The molecule has 0 saturated carbocycles. The summed E-state index contributed by atoms with van der Waals surface area (Å²) in [4.78, 5) is 7.85. The zero-order chi connectivity index (χ0) is 17.7. The van der Waals surface area contributed by atoms with Crippen molar-refractivity contribution >= 4 is 17.3 Å². The molecule has 0 aromatic carbocycles. The molecular weight excluding hydrogens is 341 g/mol. The highest BCUT2D eigenvalue weighted by atomic mass is 32.1. The van der Waals surface area contributed by atoms with Crippen LogP contribution in [0.4, 0.5) is 13.2 Å². The SMILES string of the molecule is CCNC(=NCc1nc(C(F)(F)F)cs1)NC(C)c1ccc(C)o1. The molecule has 0 bridgehead atoms. The number of nitrogens with one attached hydrogen (secondary N) is 2. The smallest absolute Gasteiger partial charge is 0.434 e. The van der Waals surface area contributed by atoms with Crippen molar-refractivity contribution in [2.45, 2.75) is 39.5 Å². The number of aryl methyl sites for hydroxylation is 1. The van der Waals surface area contributed by atoms with Gasteiger partial charge in [0.2, 0.25) is 0 Å². The van der Waals surface area contributed by atoms with Crippen LogP contribution in [0.15, 0.2) is 26.9 Å². The number of guanidine groups is 1. The van der Waals surface area contributed by atoms with Gasteiger partial charge in [-0.2, -0.15) is 13.2 Å². The first-order valence-corrected chi connectivity index (χ1v) is 8.30. The van der Waals surface area contributed by atoms with Crippen molar-refractivity contribution in [3.05, 3.63) is 39.7 Å². The first-order valence-electron chi connectivity index (χ1n) is 7.42. The summed E-state index contributed by atoms with van der Waals surface area (Å²) in [6, 6.07) is 3.61. The molecule has 2 N–H and O–H groups in total. The molecule has 0 aliphatic rings. The highest BCUT2D eigenvalue weighted by Crippen LogP contribution is 2.30. The molecular formula is C15H19F3N4OS. The Hall–Kier alpha value is -2.03. The Labute approximate surface area is 142 Å². The van der Waals surface area contributed by atoms with Gasteiger partial charge in [0.05, 0.1) is 12.6 Å². The summed E-state index contributed by atoms with van der Waals surface area (Å²) in [5.41, 5.74) is -0.880. The zero-order valence-electron chi connectivity index (χ0n) is 13.6. The van der Waals surface area contributed by atoms with E-state index in [1.54, 1.807) is 0 Å². The lowest BCUT2D eigenvalue weighted by Gasteiger charge is -2.15. The molecule has 0 amide bonds. The van der Waals surface area contributed by atoms with E-state index in [9.17, 15) is 13.2 Å². The van der Waals surface area contributed by atoms with Gasteiger partial charge in [-0.15, -0.1) is 11.3 Å². The molecule has 0 spiro atoms. The van der Waals surface area contributed by atoms with E-state index in [1.165, 1.54) is 0 Å². The average molecular weight is 360 g/mol. The average Bonchev–Trinajstić information content (AvgIpc) is 3.13. The number of hydrogen-bond donors (Lipinski definition) is 2. The lowest BCUT2D eigenvalue weighted by Crippen LogP contribution is -2.38. The van der Waals surface area contributed by atoms with Crippen LogP contribution in [0, 0.1) is 6.92 Å². The second-order valence-electron chi connectivity index (χ2n) is 5.13. The van der Waals surface area contributed by atoms with E-state index in [4.69, 9.17) is 4.42 Å². The first kappa shape index (κ1) is 18.3. The molecule has 2 heterocycles. The van der Waals surface area contributed by atoms with Crippen molar-refractivity contribution in [3.63, 3.8) is 0 Å². The molecule has 0 aliphatic heterocycles. The Morgan fingerprint density at radius 3 is 2.71 bits per heavy atom. The maximum absolute atomic E-state index is 12.6. The van der Waals surface area contributed by atoms with E-state index in [0.29, 0.717) is 17.5 Å². The summed E-state index contributed by atoms with van der Waals surface area (Å²) in [5.74, 6) is 2.05. The minimum absolute atomic E-state index is 0.0694. The van der Waals surface area contributed by atoms with Crippen LogP contribution >= 0.6 is 11.3 Å². The predicted molar refractivity (Wildman–Crippen MR) is 86.9 cm³/mol. The van der Waals surface area contributed by atoms with Gasteiger partial charge < -0.3 is 15.1 Å². The summed E-state index contributed by atoms with van der Waals surface area (Å²) in [5, 5.41) is 7.51. The topological polar surface area (TPSA) is 62.5 Å². The van der Waals surface area contributed by atoms with Crippen molar-refractivity contribution in [1.29, 1.82) is 0 Å². The fourth-order valence-electron chi connectivity index (χ4n) is 1.94. The lowest BCUT2D eigenvalue weighted by atomic mass is 10.2. The molecule has 2 aromatic heterocycles. The molecule has 2 rings (SSSR count). The second kappa shape index (κ2) is 7.69. The summed E-state index contributed by atoms with van der Waals surface area (Å²) >= 11 is 0.943. The number of thiazole rings is 1. The number of alkyl halides is 3. The Kier molecular flexibility index (Phi) is 5.87. The fraction of sp³-hybridized carbons (Fsp3) is 0.467. The second-order valence-corrected chi connectivity index (χ2v) is 6.08. The van der Waals surface area contributed by atoms with E-state index in [-0.39, 0.29) is 12.6 Å². The van der Waals surface area contributed by atoms with Gasteiger partial charge in [-0.25, -0.2) is 9.98 Å². The first-order chi connectivity index (χ1) is 11.3. The molecule has 0 saturated heterocycles. The van der Waals surface area contributed by atoms with Crippen LogP contribution in [-0.4, -0.2) is 17.5 Å². The summed E-state index contributed by atoms with van der Waals surface area (Å²) in [6.07, 6.45) is -4.42. The van der Waals surface area contributed by atoms with E-state index < -0.39 is 11.9 Å². The van der Waals surface area contributed by atoms with E-state index >= 15 is 0 Å². The van der Waals surface area contributed by atoms with Crippen molar-refractivity contribution < 1.29 is 17.6 Å². The minimum atomic E-state index is -4.42. The van der Waals surface area contributed by atoms with Crippen LogP contribution in [0.3, 0.4) is 0 Å². The molecule has 5 nitrogen and oxygen atoms in total. The van der Waals surface area contributed by atoms with Gasteiger partial charge in [0, 0.05) is 11.9 Å². The van der Waals surface area contributed by atoms with Gasteiger partial charge in [-0.05, 0) is 32.9 Å². The van der Waals surface area contributed by atoms with Crippen LogP contribution < -0.4 is 10.6 Å². The van der Waals surface area contributed by atoms with Gasteiger partial charge >= 0.3 is 6.18 Å². The fourth-order valence-corrected chi connectivity index (χ4v) is 2.67. The molecule has 132 valence electrons. The maximum atomic E-state index is 12.6. The van der Waals surface area contributed by atoms with Gasteiger partial charge in [0.15, 0.2) is 11.7 Å². The van der Waals surface area contributed by atoms with Gasteiger partial charge in [0.25, 0.3) is 0 Å². The highest BCUT2D eigenvalue weighted by molar-refractivity contribution is 7.09. The van der Waals surface area contributed by atoms with E-state index in [1.807, 2.05) is 32.9 Å². The molecule has 0 aliphatic carbocycles. The summed E-state index contributed by atoms with van der Waals surface area (Å²) in [6.45, 7) is 6.37. The van der Waals surface area contributed by atoms with Crippen LogP contribution in [0.5, 0.6) is 0 Å². The van der Waals surface area contributed by atoms with Gasteiger partial charge in [-0.3, -0.25) is 0 Å². The van der Waals surface area contributed by atoms with Crippen molar-refractivity contribution in [3.8, 4) is 0 Å². The normalized spacial score (nSPS) is 13.8. The standard InChI is InChI=1S/C15H19F3N4OS/c1-4-19-14(21-10(3)11-6-5-9(2)23-11)20-7-13-22-12(8-24-13)15(16,17)18/h5-6,8,10H,4,7H2,1-3H3,(H2,19,20,21). The Balaban J connectivity index is 2.03. The number of nitrogens with zero attached hydrogens (tertiary/aromatic N) is 2. The van der Waals surface area contributed by atoms with Crippen molar-refractivity contribution in [1.82, 2.24) is 15.6 Å². The number of aromatic nitrogens is 1. The number of rotatable bonds is 5. The number of aliphatic imine (C=N–C) groups is 1. The monoisotopic (exact) mass is 360 g/mol. The summed E-state index contributed by atoms with van der Waals surface area (Å²) in [7, 11) is 0. The third kappa shape index (κ3) is 4.98. The molecule has 1 atom stereocenters. The Morgan fingerprint density at radius 2 is 2.17 bits per heavy atom. The van der Waals surface area contributed by atoms with Gasteiger partial charge in [0.1, 0.15) is 16.5 Å². The molecule has 1 unspecified atom stereocenters. The number of hydrogen-bond acceptors (Lipinski definition) is 4. The zero-order valence-corrected chi connectivity index (χ0v) is 14.4. The number of halogens is 3. The molecule has 9 heteroatoms. The Morgan fingerprint density at radius 1 is 1.42 bits per heavy atom. The molecule has 24 heavy (non-hydrogen) atoms. The molecule has 0 fully saturated rings. The Bertz CT molecular complexity index is 693. The quantitative estimate of drug-likeness (QED) is 0.627. The largest absolute Gasteiger partial charge is 0.464 e. The molecule has 2 aromatic rings. The maximum Gasteiger partial charge on any atom is 0.434 e. The van der Waals surface area contributed by atoms with Crippen LogP contribution in [0.2, 0.25) is 0 Å². The van der Waals surface area contributed by atoms with E-state index in [2.05, 4.69) is 20.6 Å². The van der Waals surface area contributed by atoms with Crippen LogP contribution in [0.1, 0.15) is 42.1 Å². The van der Waals surface area contributed by atoms with E-state index in [0.717, 1.165) is 28.2 Å². The third-order valence-corrected chi connectivity index (χ3v) is 3.93. The minimum Gasteiger partial charge on any atom is -0.464 e. The van der Waals surface area contributed by atoms with Crippen molar-refractivity contribution in [2.75, 3.05) is 6.54 Å². The van der Waals surface area contributed by atoms with Crippen molar-refractivity contribution in [2.24, 2.45) is 4.99 Å². The number of furan rings is 1. The van der Waals surface area contributed by atoms with Crippen LogP contribution in [-0.2, 0) is 12.7 Å². The van der Waals surface area contributed by atoms with Gasteiger partial charge in [-0.1, -0.05) is 0 Å².